The number of carbonyl (C=O) groups is 1. The summed E-state index contributed by atoms with van der Waals surface area (Å²) in [6.07, 6.45) is -0.889. The quantitative estimate of drug-likeness (QED) is 0.355. The van der Waals surface area contributed by atoms with E-state index in [0.29, 0.717) is 11.4 Å². The Labute approximate surface area is 178 Å². The van der Waals surface area contributed by atoms with Crippen molar-refractivity contribution < 1.29 is 9.53 Å². The van der Waals surface area contributed by atoms with E-state index in [9.17, 15) is 4.79 Å². The molecule has 0 saturated heterocycles. The molecule has 0 spiro atoms. The fourth-order valence-electron chi connectivity index (χ4n) is 2.23. The first-order valence-corrected chi connectivity index (χ1v) is 9.44. The molecule has 2 rings (SSSR count). The zero-order valence-electron chi connectivity index (χ0n) is 14.3. The molecule has 2 aromatic rings. The zero-order chi connectivity index (χ0) is 19.9. The summed E-state index contributed by atoms with van der Waals surface area (Å²) in [5.41, 5.74) is 1.48. The highest BCUT2D eigenvalue weighted by Gasteiger charge is 2.34. The molecule has 0 heterocycles. The van der Waals surface area contributed by atoms with Crippen LogP contribution in [0.25, 0.3) is 0 Å². The van der Waals surface area contributed by atoms with Crippen LogP contribution >= 0.6 is 47.0 Å². The largest absolute Gasteiger partial charge is 0.495 e. The summed E-state index contributed by atoms with van der Waals surface area (Å²) < 4.78 is 3.43. The molecule has 144 valence electrons. The Morgan fingerprint density at radius 1 is 1.07 bits per heavy atom. The number of halogens is 3. The third-order valence-electron chi connectivity index (χ3n) is 3.47. The molecule has 0 saturated carbocycles. The summed E-state index contributed by atoms with van der Waals surface area (Å²) >= 11 is 23.2. The summed E-state index contributed by atoms with van der Waals surface area (Å²) in [5.74, 6) is 0.283. The molecule has 0 aromatic heterocycles. The lowest BCUT2D eigenvalue weighted by Crippen LogP contribution is -2.56. The Morgan fingerprint density at radius 2 is 1.70 bits per heavy atom. The van der Waals surface area contributed by atoms with E-state index < -0.39 is 9.96 Å². The standard InChI is InChI=1S/C18H18Cl3N3O2S/c1-26-14-10-6-5-9-13(14)22-17(27)24-16(18(19,20)21)23-15(25)11-12-7-3-2-4-8-12/h2-10,16H,11H2,1H3,(H,23,25)(H2,22,24,27)/t16-/m0/s1. The number of amides is 1. The van der Waals surface area contributed by atoms with E-state index in [1.807, 2.05) is 42.5 Å². The summed E-state index contributed by atoms with van der Waals surface area (Å²) in [5, 5.41) is 8.57. The van der Waals surface area contributed by atoms with Gasteiger partial charge < -0.3 is 20.7 Å². The number of ether oxygens (including phenoxy) is 1. The minimum absolute atomic E-state index is 0.145. The molecule has 0 fully saturated rings. The van der Waals surface area contributed by atoms with Gasteiger partial charge in [-0.15, -0.1) is 0 Å². The molecule has 5 nitrogen and oxygen atoms in total. The summed E-state index contributed by atoms with van der Waals surface area (Å²) in [6.45, 7) is 0. The van der Waals surface area contributed by atoms with Crippen LogP contribution in [-0.2, 0) is 11.2 Å². The molecule has 0 aliphatic carbocycles. The van der Waals surface area contributed by atoms with Crippen molar-refractivity contribution in [1.29, 1.82) is 0 Å². The van der Waals surface area contributed by atoms with E-state index in [1.54, 1.807) is 19.2 Å². The van der Waals surface area contributed by atoms with Gasteiger partial charge in [0.2, 0.25) is 9.70 Å². The third-order valence-corrected chi connectivity index (χ3v) is 4.35. The molecule has 0 aliphatic heterocycles. The monoisotopic (exact) mass is 445 g/mol. The number of rotatable bonds is 6. The highest BCUT2D eigenvalue weighted by atomic mass is 35.6. The molecule has 1 amide bonds. The number of benzene rings is 2. The number of hydrogen-bond donors (Lipinski definition) is 3. The van der Waals surface area contributed by atoms with Crippen molar-refractivity contribution in [3.05, 3.63) is 60.2 Å². The summed E-state index contributed by atoms with van der Waals surface area (Å²) in [7, 11) is 1.55. The van der Waals surface area contributed by atoms with Crippen LogP contribution < -0.4 is 20.7 Å². The van der Waals surface area contributed by atoms with Crippen molar-refractivity contribution in [1.82, 2.24) is 10.6 Å². The molecular weight excluding hydrogens is 429 g/mol. The van der Waals surface area contributed by atoms with Crippen LogP contribution in [0.2, 0.25) is 0 Å². The Bertz CT molecular complexity index is 785. The molecule has 9 heteroatoms. The first-order chi connectivity index (χ1) is 12.8. The normalized spacial score (nSPS) is 12.0. The van der Waals surface area contributed by atoms with Gasteiger partial charge >= 0.3 is 0 Å². The van der Waals surface area contributed by atoms with Gasteiger partial charge in [0, 0.05) is 0 Å². The van der Waals surface area contributed by atoms with Crippen molar-refractivity contribution in [2.24, 2.45) is 0 Å². The zero-order valence-corrected chi connectivity index (χ0v) is 17.4. The van der Waals surface area contributed by atoms with Crippen molar-refractivity contribution >= 4 is 63.7 Å². The predicted molar refractivity (Wildman–Crippen MR) is 115 cm³/mol. The van der Waals surface area contributed by atoms with Crippen molar-refractivity contribution in [3.8, 4) is 5.75 Å². The van der Waals surface area contributed by atoms with Gasteiger partial charge in [0.25, 0.3) is 0 Å². The molecule has 0 aliphatic rings. The van der Waals surface area contributed by atoms with E-state index >= 15 is 0 Å². The summed E-state index contributed by atoms with van der Waals surface area (Å²) in [6, 6.07) is 16.4. The van der Waals surface area contributed by atoms with E-state index in [0.717, 1.165) is 5.56 Å². The lowest BCUT2D eigenvalue weighted by molar-refractivity contribution is -0.121. The van der Waals surface area contributed by atoms with Gasteiger partial charge in [-0.3, -0.25) is 4.79 Å². The van der Waals surface area contributed by atoms with Gasteiger partial charge in [-0.2, -0.15) is 0 Å². The Morgan fingerprint density at radius 3 is 2.33 bits per heavy atom. The van der Waals surface area contributed by atoms with Crippen LogP contribution in [0.1, 0.15) is 5.56 Å². The fraction of sp³-hybridized carbons (Fsp3) is 0.222. The van der Waals surface area contributed by atoms with Gasteiger partial charge in [-0.1, -0.05) is 77.3 Å². The second kappa shape index (κ2) is 9.99. The molecule has 0 radical (unpaired) electrons. The van der Waals surface area contributed by atoms with Crippen LogP contribution in [0.3, 0.4) is 0 Å². The molecule has 3 N–H and O–H groups in total. The van der Waals surface area contributed by atoms with Gasteiger partial charge in [0.1, 0.15) is 11.9 Å². The molecule has 2 aromatic carbocycles. The number of carbonyl (C=O) groups excluding carboxylic acids is 1. The maximum Gasteiger partial charge on any atom is 0.228 e. The molecule has 27 heavy (non-hydrogen) atoms. The Hall–Kier alpha value is -1.73. The maximum atomic E-state index is 12.3. The van der Waals surface area contributed by atoms with E-state index in [-0.39, 0.29) is 17.4 Å². The van der Waals surface area contributed by atoms with Gasteiger partial charge in [-0.25, -0.2) is 0 Å². The average molecular weight is 447 g/mol. The highest BCUT2D eigenvalue weighted by Crippen LogP contribution is 2.29. The minimum atomic E-state index is -1.82. The first-order valence-electron chi connectivity index (χ1n) is 7.90. The third kappa shape index (κ3) is 7.07. The molecule has 0 bridgehead atoms. The highest BCUT2D eigenvalue weighted by molar-refractivity contribution is 7.80. The number of para-hydroxylation sites is 2. The van der Waals surface area contributed by atoms with E-state index in [2.05, 4.69) is 16.0 Å². The number of hydrogen-bond acceptors (Lipinski definition) is 3. The average Bonchev–Trinajstić information content (AvgIpc) is 2.61. The second-order valence-corrected chi connectivity index (χ2v) is 8.28. The Balaban J connectivity index is 2.01. The van der Waals surface area contributed by atoms with Crippen LogP contribution in [0.4, 0.5) is 5.69 Å². The molecular formula is C18H18Cl3N3O2S. The fourth-order valence-corrected chi connectivity index (χ4v) is 2.79. The number of anilines is 1. The number of alkyl halides is 3. The van der Waals surface area contributed by atoms with Crippen molar-refractivity contribution in [3.63, 3.8) is 0 Å². The first kappa shape index (κ1) is 21.6. The van der Waals surface area contributed by atoms with Crippen molar-refractivity contribution in [2.45, 2.75) is 16.4 Å². The van der Waals surface area contributed by atoms with Crippen molar-refractivity contribution in [2.75, 3.05) is 12.4 Å². The smallest absolute Gasteiger partial charge is 0.228 e. The SMILES string of the molecule is COc1ccccc1NC(=S)N[C@H](NC(=O)Cc1ccccc1)C(Cl)(Cl)Cl. The Kier molecular flexibility index (Phi) is 7.98. The molecule has 0 unspecified atom stereocenters. The van der Waals surface area contributed by atoms with Crippen LogP contribution in [-0.4, -0.2) is 28.1 Å². The number of methoxy groups -OCH3 is 1. The van der Waals surface area contributed by atoms with Gasteiger partial charge in [0.05, 0.1) is 19.2 Å². The topological polar surface area (TPSA) is 62.4 Å². The second-order valence-electron chi connectivity index (χ2n) is 5.50. The minimum Gasteiger partial charge on any atom is -0.495 e. The number of nitrogens with one attached hydrogen (secondary N) is 3. The lowest BCUT2D eigenvalue weighted by Gasteiger charge is -2.28. The number of thiocarbonyl (C=S) groups is 1. The predicted octanol–water partition coefficient (Wildman–Crippen LogP) is 4.04. The van der Waals surface area contributed by atoms with Gasteiger partial charge in [-0.05, 0) is 29.9 Å². The van der Waals surface area contributed by atoms with Crippen LogP contribution in [0.5, 0.6) is 5.75 Å². The van der Waals surface area contributed by atoms with Crippen LogP contribution in [0, 0.1) is 0 Å². The van der Waals surface area contributed by atoms with E-state index in [4.69, 9.17) is 51.8 Å². The maximum absolute atomic E-state index is 12.3. The van der Waals surface area contributed by atoms with Gasteiger partial charge in [0.15, 0.2) is 5.11 Å². The van der Waals surface area contributed by atoms with E-state index in [1.165, 1.54) is 0 Å². The van der Waals surface area contributed by atoms with Crippen LogP contribution in [0.15, 0.2) is 54.6 Å². The summed E-state index contributed by atoms with van der Waals surface area (Å²) in [4.78, 5) is 12.3. The lowest BCUT2D eigenvalue weighted by atomic mass is 10.1. The molecule has 1 atom stereocenters.